The molecule has 4 N–H and O–H groups in total. The maximum absolute atomic E-state index is 14.0. The molecule has 0 spiro atoms. The number of hydrogen-bond donors (Lipinski definition) is 4. The van der Waals surface area contributed by atoms with Crippen molar-refractivity contribution in [2.45, 2.75) is 77.7 Å². The summed E-state index contributed by atoms with van der Waals surface area (Å²) < 4.78 is 21.7. The van der Waals surface area contributed by atoms with Gasteiger partial charge in [0.2, 0.25) is 17.7 Å². The topological polar surface area (TPSA) is 139 Å². The third-order valence-corrected chi connectivity index (χ3v) is 7.56. The minimum atomic E-state index is -0.961. The smallest absolute Gasteiger partial charge is 0.244 e. The van der Waals surface area contributed by atoms with E-state index in [-0.39, 0.29) is 37.4 Å². The maximum Gasteiger partial charge on any atom is 0.244 e. The maximum atomic E-state index is 14.0. The SMILES string of the molecule is Cc1cnnn1C[C@@H]1NC(=O)[C@@H](C(C)C)NC(=O)[C@@H](Cc2cccc(F)c2)N[C@@H](C)COc2ccccc2CCCNC1=O. The molecule has 0 saturated heterocycles. The Kier molecular flexibility index (Phi) is 11.4. The van der Waals surface area contributed by atoms with Gasteiger partial charge in [0.25, 0.3) is 0 Å². The first-order valence-electron chi connectivity index (χ1n) is 15.1. The predicted molar refractivity (Wildman–Crippen MR) is 163 cm³/mol. The highest BCUT2D eigenvalue weighted by Gasteiger charge is 2.32. The zero-order chi connectivity index (χ0) is 31.6. The standard InChI is InChI=1S/C32H42FN7O4/c1-20(2)29-32(43)37-27(18-40-22(4)17-35-39-40)30(41)34-14-8-11-24-10-5-6-13-28(24)44-19-21(3)36-26(31(42)38-29)16-23-9-7-12-25(33)15-23/h5-7,9-10,12-13,15,17,20-21,26-27,29,36H,8,11,14,16,18-19H2,1-4H3,(H,34,41)(H,37,43)(H,38,42)/t21-,26+,27-,29+/m0/s1. The highest BCUT2D eigenvalue weighted by atomic mass is 19.1. The largest absolute Gasteiger partial charge is 0.492 e. The molecule has 2 aromatic carbocycles. The number of benzene rings is 2. The van der Waals surface area contributed by atoms with Crippen LogP contribution in [0, 0.1) is 18.7 Å². The number of fused-ring (bicyclic) bond motifs is 1. The number of nitrogens with zero attached hydrogens (tertiary/aromatic N) is 3. The molecule has 0 saturated carbocycles. The lowest BCUT2D eigenvalue weighted by molar-refractivity contribution is -0.133. The number of rotatable bonds is 5. The number of nitrogens with one attached hydrogen (secondary N) is 4. The van der Waals surface area contributed by atoms with Gasteiger partial charge in [0.05, 0.1) is 24.5 Å². The quantitative estimate of drug-likeness (QED) is 0.348. The van der Waals surface area contributed by atoms with Crippen molar-refractivity contribution in [1.82, 2.24) is 36.3 Å². The van der Waals surface area contributed by atoms with Crippen LogP contribution in [0.25, 0.3) is 0 Å². The predicted octanol–water partition coefficient (Wildman–Crippen LogP) is 2.08. The number of carbonyl (C=O) groups is 3. The number of hydrogen-bond acceptors (Lipinski definition) is 7. The molecular formula is C32H42FN7O4. The third kappa shape index (κ3) is 9.09. The number of carbonyl (C=O) groups excluding carboxylic acids is 3. The van der Waals surface area contributed by atoms with Gasteiger partial charge >= 0.3 is 0 Å². The van der Waals surface area contributed by atoms with E-state index in [0.29, 0.717) is 24.9 Å². The molecule has 0 bridgehead atoms. The molecule has 0 fully saturated rings. The summed E-state index contributed by atoms with van der Waals surface area (Å²) in [5.41, 5.74) is 2.35. The molecule has 4 rings (SSSR count). The van der Waals surface area contributed by atoms with Crippen molar-refractivity contribution in [2.75, 3.05) is 13.2 Å². The first-order valence-corrected chi connectivity index (χ1v) is 15.1. The molecule has 0 unspecified atom stereocenters. The van der Waals surface area contributed by atoms with Gasteiger partial charge in [-0.15, -0.1) is 5.10 Å². The van der Waals surface area contributed by atoms with Gasteiger partial charge in [-0.2, -0.15) is 0 Å². The van der Waals surface area contributed by atoms with E-state index >= 15 is 0 Å². The average Bonchev–Trinajstić information content (AvgIpc) is 3.39. The molecule has 3 amide bonds. The summed E-state index contributed by atoms with van der Waals surface area (Å²) in [5.74, 6) is -1.26. The highest BCUT2D eigenvalue weighted by Crippen LogP contribution is 2.20. The molecule has 236 valence electrons. The van der Waals surface area contributed by atoms with Crippen LogP contribution in [0.2, 0.25) is 0 Å². The van der Waals surface area contributed by atoms with Gasteiger partial charge in [0, 0.05) is 12.6 Å². The van der Waals surface area contributed by atoms with Gasteiger partial charge in [0.15, 0.2) is 0 Å². The van der Waals surface area contributed by atoms with Crippen molar-refractivity contribution in [3.63, 3.8) is 0 Å². The van der Waals surface area contributed by atoms with Crippen LogP contribution in [0.15, 0.2) is 54.7 Å². The number of aryl methyl sites for hydroxylation is 2. The van der Waals surface area contributed by atoms with E-state index in [1.807, 2.05) is 52.0 Å². The highest BCUT2D eigenvalue weighted by molar-refractivity contribution is 5.93. The molecule has 1 aliphatic heterocycles. The van der Waals surface area contributed by atoms with Crippen molar-refractivity contribution >= 4 is 17.7 Å². The van der Waals surface area contributed by atoms with Gasteiger partial charge in [-0.1, -0.05) is 49.4 Å². The first kappa shape index (κ1) is 32.6. The number of para-hydroxylation sites is 1. The van der Waals surface area contributed by atoms with E-state index in [1.54, 1.807) is 23.0 Å². The lowest BCUT2D eigenvalue weighted by Gasteiger charge is -2.29. The first-order chi connectivity index (χ1) is 21.1. The molecule has 12 heteroatoms. The van der Waals surface area contributed by atoms with E-state index in [9.17, 15) is 18.8 Å². The van der Waals surface area contributed by atoms with E-state index in [2.05, 4.69) is 31.6 Å². The van der Waals surface area contributed by atoms with Crippen molar-refractivity contribution < 1.29 is 23.5 Å². The molecule has 4 atom stereocenters. The summed E-state index contributed by atoms with van der Waals surface area (Å²) in [7, 11) is 0. The van der Waals surface area contributed by atoms with Crippen LogP contribution in [-0.4, -0.2) is 70.0 Å². The van der Waals surface area contributed by atoms with Gasteiger partial charge in [-0.3, -0.25) is 19.7 Å². The Morgan fingerprint density at radius 2 is 1.82 bits per heavy atom. The van der Waals surface area contributed by atoms with Crippen molar-refractivity contribution in [1.29, 1.82) is 0 Å². The minimum absolute atomic E-state index is 0.0696. The van der Waals surface area contributed by atoms with Gasteiger partial charge < -0.3 is 20.7 Å². The van der Waals surface area contributed by atoms with Crippen molar-refractivity contribution in [3.05, 3.63) is 77.4 Å². The lowest BCUT2D eigenvalue weighted by Crippen LogP contribution is -2.59. The second-order valence-corrected chi connectivity index (χ2v) is 11.6. The molecule has 1 aliphatic rings. The van der Waals surface area contributed by atoms with Crippen molar-refractivity contribution in [3.8, 4) is 5.75 Å². The zero-order valence-corrected chi connectivity index (χ0v) is 25.7. The van der Waals surface area contributed by atoms with Crippen molar-refractivity contribution in [2.24, 2.45) is 5.92 Å². The monoisotopic (exact) mass is 607 g/mol. The molecule has 0 aliphatic carbocycles. The number of amides is 3. The number of halogens is 1. The second-order valence-electron chi connectivity index (χ2n) is 11.6. The third-order valence-electron chi connectivity index (χ3n) is 7.56. The summed E-state index contributed by atoms with van der Waals surface area (Å²) in [5, 5.41) is 19.9. The molecule has 3 aromatic rings. The molecule has 44 heavy (non-hydrogen) atoms. The number of aromatic nitrogens is 3. The molecular weight excluding hydrogens is 565 g/mol. The average molecular weight is 608 g/mol. The Bertz CT molecular complexity index is 1430. The summed E-state index contributed by atoms with van der Waals surface area (Å²) in [6.45, 7) is 8.08. The Hall–Kier alpha value is -4.32. The fraction of sp³-hybridized carbons (Fsp3) is 0.469. The summed E-state index contributed by atoms with van der Waals surface area (Å²) in [6, 6.07) is 10.8. The number of ether oxygens (including phenoxy) is 1. The van der Waals surface area contributed by atoms with Crippen LogP contribution in [0.5, 0.6) is 5.75 Å². The summed E-state index contributed by atoms with van der Waals surface area (Å²) >= 11 is 0. The van der Waals surface area contributed by atoms with Crippen LogP contribution in [-0.2, 0) is 33.8 Å². The minimum Gasteiger partial charge on any atom is -0.492 e. The van der Waals surface area contributed by atoms with Gasteiger partial charge in [0.1, 0.15) is 30.3 Å². The van der Waals surface area contributed by atoms with Crippen LogP contribution < -0.4 is 26.0 Å². The molecule has 1 aromatic heterocycles. The van der Waals surface area contributed by atoms with Crippen LogP contribution in [0.3, 0.4) is 0 Å². The van der Waals surface area contributed by atoms with Gasteiger partial charge in [-0.25, -0.2) is 9.07 Å². The van der Waals surface area contributed by atoms with E-state index in [1.165, 1.54) is 12.1 Å². The van der Waals surface area contributed by atoms with Gasteiger partial charge in [-0.05, 0) is 68.4 Å². The molecule has 11 nitrogen and oxygen atoms in total. The molecule has 2 heterocycles. The van der Waals surface area contributed by atoms with E-state index in [4.69, 9.17) is 4.74 Å². The summed E-state index contributed by atoms with van der Waals surface area (Å²) in [4.78, 5) is 40.7. The zero-order valence-electron chi connectivity index (χ0n) is 25.7. The Morgan fingerprint density at radius 3 is 2.55 bits per heavy atom. The van der Waals surface area contributed by atoms with Crippen LogP contribution in [0.4, 0.5) is 4.39 Å². The summed E-state index contributed by atoms with van der Waals surface area (Å²) in [6.07, 6.45) is 3.08. The second kappa shape index (κ2) is 15.4. The molecule has 0 radical (unpaired) electrons. The fourth-order valence-electron chi connectivity index (χ4n) is 5.10. The van der Waals surface area contributed by atoms with E-state index in [0.717, 1.165) is 17.0 Å². The van der Waals surface area contributed by atoms with Crippen LogP contribution in [0.1, 0.15) is 44.0 Å². The van der Waals surface area contributed by atoms with E-state index < -0.39 is 35.8 Å². The Labute approximate surface area is 257 Å². The van der Waals surface area contributed by atoms with Crippen LogP contribution >= 0.6 is 0 Å². The fourth-order valence-corrected chi connectivity index (χ4v) is 5.10. The Morgan fingerprint density at radius 1 is 1.02 bits per heavy atom. The lowest BCUT2D eigenvalue weighted by atomic mass is 10.00. The normalized spacial score (nSPS) is 22.5. The Balaban J connectivity index is 1.63.